The summed E-state index contributed by atoms with van der Waals surface area (Å²) in [5.41, 5.74) is 0. The molecule has 110 valence electrons. The first-order valence-corrected chi connectivity index (χ1v) is 8.90. The van der Waals surface area contributed by atoms with Gasteiger partial charge in [0.05, 0.1) is 8.68 Å². The van der Waals surface area contributed by atoms with Crippen LogP contribution >= 0.6 is 39.7 Å². The van der Waals surface area contributed by atoms with Gasteiger partial charge in [-0.15, -0.1) is 23.7 Å². The van der Waals surface area contributed by atoms with Crippen LogP contribution in [0, 0.1) is 6.92 Å². The number of piperazine rings is 1. The molecule has 1 aromatic rings. The SMILES string of the molecule is Cc1sc(Br)cc1S(=O)(=O)N1CCNC(C)C1C.Cl. The molecule has 8 heteroatoms. The van der Waals surface area contributed by atoms with Gasteiger partial charge in [0.1, 0.15) is 0 Å². The van der Waals surface area contributed by atoms with Gasteiger partial charge in [0, 0.05) is 30.1 Å². The first-order valence-electron chi connectivity index (χ1n) is 5.85. The predicted molar refractivity (Wildman–Crippen MR) is 84.8 cm³/mol. The minimum atomic E-state index is -3.38. The van der Waals surface area contributed by atoms with Crippen LogP contribution in [0.2, 0.25) is 0 Å². The van der Waals surface area contributed by atoms with E-state index in [-0.39, 0.29) is 24.5 Å². The lowest BCUT2D eigenvalue weighted by Gasteiger charge is -2.37. The molecule has 0 spiro atoms. The van der Waals surface area contributed by atoms with Gasteiger partial charge in [-0.2, -0.15) is 4.31 Å². The molecule has 2 heterocycles. The number of halogens is 2. The first-order chi connectivity index (χ1) is 8.34. The van der Waals surface area contributed by atoms with Crippen molar-refractivity contribution in [3.63, 3.8) is 0 Å². The van der Waals surface area contributed by atoms with E-state index < -0.39 is 10.0 Å². The van der Waals surface area contributed by atoms with E-state index in [1.165, 1.54) is 11.3 Å². The molecule has 0 aromatic carbocycles. The maximum absolute atomic E-state index is 12.7. The van der Waals surface area contributed by atoms with Crippen LogP contribution in [0.4, 0.5) is 0 Å². The number of hydrogen-bond donors (Lipinski definition) is 1. The van der Waals surface area contributed by atoms with Crippen molar-refractivity contribution in [2.24, 2.45) is 0 Å². The average molecular weight is 390 g/mol. The van der Waals surface area contributed by atoms with E-state index >= 15 is 0 Å². The molecular formula is C11H18BrClN2O2S2. The second kappa shape index (κ2) is 6.41. The largest absolute Gasteiger partial charge is 0.311 e. The van der Waals surface area contributed by atoms with Crippen molar-refractivity contribution in [1.29, 1.82) is 0 Å². The number of sulfonamides is 1. The van der Waals surface area contributed by atoms with E-state index in [0.717, 1.165) is 8.66 Å². The minimum absolute atomic E-state index is 0. The summed E-state index contributed by atoms with van der Waals surface area (Å²) in [5.74, 6) is 0. The smallest absolute Gasteiger partial charge is 0.244 e. The van der Waals surface area contributed by atoms with E-state index in [0.29, 0.717) is 18.0 Å². The van der Waals surface area contributed by atoms with Crippen LogP contribution in [0.1, 0.15) is 18.7 Å². The number of aryl methyl sites for hydroxylation is 1. The molecule has 1 N–H and O–H groups in total. The zero-order valence-electron chi connectivity index (χ0n) is 11.0. The molecule has 1 aliphatic rings. The lowest BCUT2D eigenvalue weighted by Crippen LogP contribution is -2.57. The third kappa shape index (κ3) is 3.33. The molecule has 1 aromatic heterocycles. The fourth-order valence-electron chi connectivity index (χ4n) is 2.18. The quantitative estimate of drug-likeness (QED) is 0.846. The third-order valence-electron chi connectivity index (χ3n) is 3.41. The normalized spacial score (nSPS) is 25.1. The van der Waals surface area contributed by atoms with Gasteiger partial charge in [-0.1, -0.05) is 0 Å². The van der Waals surface area contributed by atoms with E-state index in [1.54, 1.807) is 10.4 Å². The fraction of sp³-hybridized carbons (Fsp3) is 0.636. The first kappa shape index (κ1) is 17.4. The molecule has 19 heavy (non-hydrogen) atoms. The standard InChI is InChI=1S/C11H17BrN2O2S2.ClH/c1-7-8(2)14(5-4-13-7)18(15,16)10-6-11(12)17-9(10)3;/h6-8,13H,4-5H2,1-3H3;1H. The summed E-state index contributed by atoms with van der Waals surface area (Å²) in [7, 11) is -3.38. The Morgan fingerprint density at radius 1 is 1.47 bits per heavy atom. The Kier molecular flexibility index (Phi) is 5.86. The zero-order chi connectivity index (χ0) is 13.5. The van der Waals surface area contributed by atoms with Crippen LogP contribution in [0.25, 0.3) is 0 Å². The molecule has 2 rings (SSSR count). The van der Waals surface area contributed by atoms with Gasteiger partial charge in [-0.25, -0.2) is 8.42 Å². The maximum atomic E-state index is 12.7. The van der Waals surface area contributed by atoms with Crippen LogP contribution in [0.15, 0.2) is 14.7 Å². The highest BCUT2D eigenvalue weighted by Crippen LogP contribution is 2.32. The van der Waals surface area contributed by atoms with Gasteiger partial charge in [-0.3, -0.25) is 0 Å². The number of nitrogens with one attached hydrogen (secondary N) is 1. The highest BCUT2D eigenvalue weighted by Gasteiger charge is 2.35. The van der Waals surface area contributed by atoms with Crippen molar-refractivity contribution in [3.8, 4) is 0 Å². The van der Waals surface area contributed by atoms with Gasteiger partial charge < -0.3 is 5.32 Å². The highest BCUT2D eigenvalue weighted by molar-refractivity contribution is 9.11. The Bertz CT molecular complexity index is 547. The Labute approximate surface area is 133 Å². The van der Waals surface area contributed by atoms with E-state index in [2.05, 4.69) is 21.2 Å². The number of nitrogens with zero attached hydrogens (tertiary/aromatic N) is 1. The summed E-state index contributed by atoms with van der Waals surface area (Å²) in [6.45, 7) is 7.04. The van der Waals surface area contributed by atoms with Gasteiger partial charge >= 0.3 is 0 Å². The Morgan fingerprint density at radius 2 is 2.11 bits per heavy atom. The number of rotatable bonds is 2. The minimum Gasteiger partial charge on any atom is -0.311 e. The lowest BCUT2D eigenvalue weighted by molar-refractivity contribution is 0.233. The van der Waals surface area contributed by atoms with E-state index in [9.17, 15) is 8.42 Å². The van der Waals surface area contributed by atoms with Crippen molar-refractivity contribution >= 4 is 49.7 Å². The van der Waals surface area contributed by atoms with Crippen LogP contribution in [-0.4, -0.2) is 37.9 Å². The van der Waals surface area contributed by atoms with Crippen molar-refractivity contribution in [2.45, 2.75) is 37.8 Å². The average Bonchev–Trinajstić information content (AvgIpc) is 2.62. The fourth-order valence-corrected chi connectivity index (χ4v) is 6.27. The van der Waals surface area contributed by atoms with Gasteiger partial charge in [-0.05, 0) is 42.8 Å². The summed E-state index contributed by atoms with van der Waals surface area (Å²) in [6, 6.07) is 1.85. The Hall–Kier alpha value is 0.340. The Balaban J connectivity index is 0.00000180. The van der Waals surface area contributed by atoms with Crippen LogP contribution in [0.3, 0.4) is 0 Å². The van der Waals surface area contributed by atoms with E-state index in [4.69, 9.17) is 0 Å². The topological polar surface area (TPSA) is 49.4 Å². The summed E-state index contributed by atoms with van der Waals surface area (Å²) in [6.07, 6.45) is 0. The highest BCUT2D eigenvalue weighted by atomic mass is 79.9. The molecule has 0 radical (unpaired) electrons. The van der Waals surface area contributed by atoms with E-state index in [1.807, 2.05) is 20.8 Å². The van der Waals surface area contributed by atoms with Crippen LogP contribution in [-0.2, 0) is 10.0 Å². The third-order valence-corrected chi connectivity index (χ3v) is 7.20. The summed E-state index contributed by atoms with van der Waals surface area (Å²) in [5, 5.41) is 3.29. The maximum Gasteiger partial charge on any atom is 0.244 e. The summed E-state index contributed by atoms with van der Waals surface area (Å²) >= 11 is 4.81. The van der Waals surface area contributed by atoms with Crippen LogP contribution in [0.5, 0.6) is 0 Å². The molecule has 1 saturated heterocycles. The molecule has 0 aliphatic carbocycles. The molecule has 1 aliphatic heterocycles. The molecular weight excluding hydrogens is 372 g/mol. The second-order valence-corrected chi connectivity index (χ2v) is 9.06. The molecule has 0 amide bonds. The van der Waals surface area contributed by atoms with Crippen molar-refractivity contribution in [3.05, 3.63) is 14.7 Å². The predicted octanol–water partition coefficient (Wildman–Crippen LogP) is 2.61. The van der Waals surface area contributed by atoms with Gasteiger partial charge in [0.15, 0.2) is 0 Å². The molecule has 4 nitrogen and oxygen atoms in total. The molecule has 2 atom stereocenters. The van der Waals surface area contributed by atoms with Crippen molar-refractivity contribution in [1.82, 2.24) is 9.62 Å². The van der Waals surface area contributed by atoms with Gasteiger partial charge in [0.2, 0.25) is 10.0 Å². The number of hydrogen-bond acceptors (Lipinski definition) is 4. The Morgan fingerprint density at radius 3 is 2.63 bits per heavy atom. The second-order valence-electron chi connectivity index (χ2n) is 4.57. The molecule has 2 unspecified atom stereocenters. The molecule has 0 bridgehead atoms. The molecule has 1 fully saturated rings. The summed E-state index contributed by atoms with van der Waals surface area (Å²) < 4.78 is 27.8. The molecule has 0 saturated carbocycles. The van der Waals surface area contributed by atoms with Gasteiger partial charge in [0.25, 0.3) is 0 Å². The van der Waals surface area contributed by atoms with Crippen molar-refractivity contribution < 1.29 is 8.42 Å². The zero-order valence-corrected chi connectivity index (χ0v) is 15.0. The van der Waals surface area contributed by atoms with Crippen molar-refractivity contribution in [2.75, 3.05) is 13.1 Å². The lowest BCUT2D eigenvalue weighted by atomic mass is 10.1. The number of thiophene rings is 1. The summed E-state index contributed by atoms with van der Waals surface area (Å²) in [4.78, 5) is 1.26. The monoisotopic (exact) mass is 388 g/mol. The van der Waals surface area contributed by atoms with Crippen LogP contribution < -0.4 is 5.32 Å².